The Bertz CT molecular complexity index is 813. The third-order valence-electron chi connectivity index (χ3n) is 4.04. The predicted octanol–water partition coefficient (Wildman–Crippen LogP) is 2.34. The van der Waals surface area contributed by atoms with Crippen LogP contribution in [-0.2, 0) is 7.05 Å². The summed E-state index contributed by atoms with van der Waals surface area (Å²) in [6.07, 6.45) is 1.50. The highest BCUT2D eigenvalue weighted by Crippen LogP contribution is 2.36. The van der Waals surface area contributed by atoms with Crippen molar-refractivity contribution in [2.75, 3.05) is 5.32 Å². The first-order chi connectivity index (χ1) is 11.0. The summed E-state index contributed by atoms with van der Waals surface area (Å²) in [4.78, 5) is 24.4. The number of fused-ring (bicyclic) bond motifs is 1. The van der Waals surface area contributed by atoms with Crippen LogP contribution in [0.15, 0.2) is 41.3 Å². The van der Waals surface area contributed by atoms with Gasteiger partial charge in [-0.25, -0.2) is 4.79 Å². The van der Waals surface area contributed by atoms with E-state index in [0.717, 1.165) is 16.9 Å². The molecule has 0 spiro atoms. The van der Waals surface area contributed by atoms with Crippen LogP contribution in [0, 0.1) is 6.92 Å². The van der Waals surface area contributed by atoms with Crippen LogP contribution in [-0.4, -0.2) is 16.7 Å². The molecule has 0 aliphatic carbocycles. The number of nitrogens with zero attached hydrogens (tertiary/aromatic N) is 1. The lowest BCUT2D eigenvalue weighted by molar-refractivity contribution is 0.204. The summed E-state index contributed by atoms with van der Waals surface area (Å²) in [5.41, 5.74) is 1.70. The van der Waals surface area contributed by atoms with E-state index in [2.05, 4.69) is 10.6 Å². The quantitative estimate of drug-likeness (QED) is 0.894. The van der Waals surface area contributed by atoms with Gasteiger partial charge in [0.2, 0.25) is 0 Å². The third kappa shape index (κ3) is 2.79. The van der Waals surface area contributed by atoms with Gasteiger partial charge in [0.15, 0.2) is 0 Å². The fourth-order valence-corrected chi connectivity index (χ4v) is 2.72. The molecule has 6 nitrogen and oxygen atoms in total. The van der Waals surface area contributed by atoms with Crippen molar-refractivity contribution in [3.05, 3.63) is 58.0 Å². The summed E-state index contributed by atoms with van der Waals surface area (Å²) >= 11 is 0. The van der Waals surface area contributed by atoms with Gasteiger partial charge < -0.3 is 19.9 Å². The van der Waals surface area contributed by atoms with Crippen molar-refractivity contribution in [3.8, 4) is 5.75 Å². The monoisotopic (exact) mass is 313 g/mol. The van der Waals surface area contributed by atoms with Gasteiger partial charge in [0.1, 0.15) is 17.5 Å². The van der Waals surface area contributed by atoms with Gasteiger partial charge in [-0.2, -0.15) is 0 Å². The Morgan fingerprint density at radius 2 is 2.00 bits per heavy atom. The summed E-state index contributed by atoms with van der Waals surface area (Å²) in [6.45, 7) is 3.69. The van der Waals surface area contributed by atoms with Gasteiger partial charge in [0, 0.05) is 18.8 Å². The number of pyridine rings is 1. The second-order valence-electron chi connectivity index (χ2n) is 5.73. The molecule has 1 aromatic heterocycles. The highest BCUT2D eigenvalue weighted by Gasteiger charge is 2.32. The molecule has 0 bridgehead atoms. The lowest BCUT2D eigenvalue weighted by Crippen LogP contribution is -2.38. The fourth-order valence-electron chi connectivity index (χ4n) is 2.72. The number of ether oxygens (including phenoxy) is 1. The number of rotatable bonds is 2. The number of anilines is 1. The Morgan fingerprint density at radius 1 is 1.26 bits per heavy atom. The molecule has 2 unspecified atom stereocenters. The molecular weight excluding hydrogens is 294 g/mol. The number of aromatic nitrogens is 1. The minimum absolute atomic E-state index is 0.169. The first-order valence-corrected chi connectivity index (χ1v) is 7.46. The maximum atomic E-state index is 12.3. The molecule has 0 saturated heterocycles. The van der Waals surface area contributed by atoms with Crippen LogP contribution in [0.2, 0.25) is 0 Å². The topological polar surface area (TPSA) is 72.4 Å². The molecule has 2 heterocycles. The molecule has 2 atom stereocenters. The number of hydrogen-bond donors (Lipinski definition) is 2. The number of hydrogen-bond acceptors (Lipinski definition) is 3. The van der Waals surface area contributed by atoms with Crippen LogP contribution in [0.1, 0.15) is 24.1 Å². The zero-order valence-corrected chi connectivity index (χ0v) is 13.3. The fraction of sp³-hybridized carbons (Fsp3) is 0.294. The summed E-state index contributed by atoms with van der Waals surface area (Å²) in [6, 6.07) is 8.72. The molecule has 120 valence electrons. The Balaban J connectivity index is 1.79. The van der Waals surface area contributed by atoms with Crippen LogP contribution in [0.25, 0.3) is 0 Å². The standard InChI is InChI=1S/C17H19N3O3/c1-10-8-9-20(3)16(21)14(10)18-17(22)19-15-11(2)23-13-7-5-4-6-12(13)15/h4-9,11,15H,1-3H3,(H2,18,19,22). The number of nitrogens with one attached hydrogen (secondary N) is 2. The Labute approximate surface area is 134 Å². The van der Waals surface area contributed by atoms with Gasteiger partial charge in [-0.15, -0.1) is 0 Å². The van der Waals surface area contributed by atoms with Crippen LogP contribution in [0.4, 0.5) is 10.5 Å². The Morgan fingerprint density at radius 3 is 2.78 bits per heavy atom. The van der Waals surface area contributed by atoms with E-state index in [1.54, 1.807) is 26.2 Å². The molecular formula is C17H19N3O3. The van der Waals surface area contributed by atoms with E-state index in [1.165, 1.54) is 4.57 Å². The van der Waals surface area contributed by atoms with E-state index >= 15 is 0 Å². The van der Waals surface area contributed by atoms with Crippen molar-refractivity contribution in [2.45, 2.75) is 26.0 Å². The first kappa shape index (κ1) is 15.1. The zero-order chi connectivity index (χ0) is 16.6. The van der Waals surface area contributed by atoms with E-state index in [1.807, 2.05) is 31.2 Å². The summed E-state index contributed by atoms with van der Waals surface area (Å²) in [7, 11) is 1.65. The highest BCUT2D eigenvalue weighted by atomic mass is 16.5. The molecule has 1 aromatic carbocycles. The average molecular weight is 313 g/mol. The Kier molecular flexibility index (Phi) is 3.82. The number of carbonyl (C=O) groups is 1. The van der Waals surface area contributed by atoms with E-state index in [0.29, 0.717) is 0 Å². The molecule has 0 radical (unpaired) electrons. The zero-order valence-electron chi connectivity index (χ0n) is 13.3. The normalized spacial score (nSPS) is 18.9. The van der Waals surface area contributed by atoms with Crippen LogP contribution >= 0.6 is 0 Å². The maximum Gasteiger partial charge on any atom is 0.320 e. The van der Waals surface area contributed by atoms with Crippen molar-refractivity contribution in [2.24, 2.45) is 7.05 Å². The van der Waals surface area contributed by atoms with Gasteiger partial charge in [0.05, 0.1) is 6.04 Å². The van der Waals surface area contributed by atoms with E-state index in [-0.39, 0.29) is 23.4 Å². The van der Waals surface area contributed by atoms with Crippen molar-refractivity contribution in [3.63, 3.8) is 0 Å². The molecule has 2 amide bonds. The first-order valence-electron chi connectivity index (χ1n) is 7.46. The van der Waals surface area contributed by atoms with Crippen molar-refractivity contribution < 1.29 is 9.53 Å². The summed E-state index contributed by atoms with van der Waals surface area (Å²) < 4.78 is 7.16. The smallest absolute Gasteiger partial charge is 0.320 e. The second kappa shape index (κ2) is 5.79. The number of para-hydroxylation sites is 1. The molecule has 1 aliphatic heterocycles. The Hall–Kier alpha value is -2.76. The van der Waals surface area contributed by atoms with E-state index in [9.17, 15) is 9.59 Å². The van der Waals surface area contributed by atoms with E-state index < -0.39 is 6.03 Å². The molecule has 6 heteroatoms. The van der Waals surface area contributed by atoms with Gasteiger partial charge in [0.25, 0.3) is 5.56 Å². The van der Waals surface area contributed by atoms with Crippen molar-refractivity contribution in [1.29, 1.82) is 0 Å². The number of aryl methyl sites for hydroxylation is 2. The predicted molar refractivity (Wildman–Crippen MR) is 87.8 cm³/mol. The number of benzene rings is 1. The van der Waals surface area contributed by atoms with Gasteiger partial charge in [-0.05, 0) is 31.5 Å². The number of carbonyl (C=O) groups excluding carboxylic acids is 1. The minimum atomic E-state index is -0.423. The lowest BCUT2D eigenvalue weighted by Gasteiger charge is -2.18. The largest absolute Gasteiger partial charge is 0.488 e. The lowest BCUT2D eigenvalue weighted by atomic mass is 10.1. The maximum absolute atomic E-state index is 12.3. The minimum Gasteiger partial charge on any atom is -0.488 e. The average Bonchev–Trinajstić information content (AvgIpc) is 2.84. The SMILES string of the molecule is Cc1ccn(C)c(=O)c1NC(=O)NC1c2ccccc2OC1C. The van der Waals surface area contributed by atoms with Gasteiger partial charge in [-0.3, -0.25) is 4.79 Å². The van der Waals surface area contributed by atoms with Gasteiger partial charge >= 0.3 is 6.03 Å². The number of urea groups is 1. The highest BCUT2D eigenvalue weighted by molar-refractivity contribution is 5.90. The summed E-state index contributed by atoms with van der Waals surface area (Å²) in [5.74, 6) is 0.775. The third-order valence-corrected chi connectivity index (χ3v) is 4.04. The molecule has 3 rings (SSSR count). The molecule has 0 saturated carbocycles. The van der Waals surface area contributed by atoms with Crippen molar-refractivity contribution in [1.82, 2.24) is 9.88 Å². The van der Waals surface area contributed by atoms with Gasteiger partial charge in [-0.1, -0.05) is 18.2 Å². The van der Waals surface area contributed by atoms with Crippen LogP contribution < -0.4 is 20.9 Å². The molecule has 1 aliphatic rings. The van der Waals surface area contributed by atoms with Crippen molar-refractivity contribution >= 4 is 11.7 Å². The summed E-state index contributed by atoms with van der Waals surface area (Å²) in [5, 5.41) is 5.54. The molecule has 2 N–H and O–H groups in total. The van der Waals surface area contributed by atoms with Crippen LogP contribution in [0.5, 0.6) is 5.75 Å². The van der Waals surface area contributed by atoms with Crippen LogP contribution in [0.3, 0.4) is 0 Å². The molecule has 23 heavy (non-hydrogen) atoms. The molecule has 2 aromatic rings. The molecule has 0 fully saturated rings. The second-order valence-corrected chi connectivity index (χ2v) is 5.73. The number of amides is 2. The van der Waals surface area contributed by atoms with E-state index in [4.69, 9.17) is 4.74 Å².